The predicted octanol–water partition coefficient (Wildman–Crippen LogP) is 0.633. The number of hydrogen-bond donors (Lipinski definition) is 2. The maximum Gasteiger partial charge on any atom is 0.0642 e. The van der Waals surface area contributed by atoms with Gasteiger partial charge in [-0.2, -0.15) is 0 Å². The van der Waals surface area contributed by atoms with Gasteiger partial charge < -0.3 is 20.5 Å². The molecule has 4 nitrogen and oxygen atoms in total. The fourth-order valence-corrected chi connectivity index (χ4v) is 2.22. The number of anilines is 1. The quantitative estimate of drug-likeness (QED) is 0.805. The van der Waals surface area contributed by atoms with Crippen LogP contribution in [0.2, 0.25) is 0 Å². The Bertz CT molecular complexity index is 343. The van der Waals surface area contributed by atoms with E-state index in [9.17, 15) is 0 Å². The number of benzene rings is 1. The van der Waals surface area contributed by atoms with Gasteiger partial charge in [-0.1, -0.05) is 12.1 Å². The summed E-state index contributed by atoms with van der Waals surface area (Å²) in [6.07, 6.45) is 0.844. The molecule has 1 atom stereocenters. The van der Waals surface area contributed by atoms with Crippen LogP contribution in [-0.2, 0) is 11.2 Å². The first-order valence-corrected chi connectivity index (χ1v) is 6.56. The van der Waals surface area contributed by atoms with E-state index in [-0.39, 0.29) is 12.5 Å². The van der Waals surface area contributed by atoms with Crippen LogP contribution < -0.4 is 10.6 Å². The van der Waals surface area contributed by atoms with Gasteiger partial charge in [0.15, 0.2) is 0 Å². The molecule has 1 aliphatic rings. The second kappa shape index (κ2) is 6.73. The third kappa shape index (κ3) is 3.45. The molecule has 1 aromatic carbocycles. The van der Waals surface area contributed by atoms with Crippen molar-refractivity contribution in [3.63, 3.8) is 0 Å². The molecule has 1 aromatic rings. The molecule has 1 fully saturated rings. The van der Waals surface area contributed by atoms with E-state index in [1.54, 1.807) is 0 Å². The topological polar surface area (TPSA) is 58.7 Å². The van der Waals surface area contributed by atoms with Gasteiger partial charge in [0.25, 0.3) is 0 Å². The lowest BCUT2D eigenvalue weighted by atomic mass is 10.00. The van der Waals surface area contributed by atoms with Crippen molar-refractivity contribution in [2.45, 2.75) is 6.42 Å². The molecule has 1 aliphatic heterocycles. The number of rotatable bonds is 5. The number of aliphatic hydroxyl groups is 1. The fourth-order valence-electron chi connectivity index (χ4n) is 2.22. The Labute approximate surface area is 108 Å². The molecule has 0 radical (unpaired) electrons. The zero-order chi connectivity index (χ0) is 12.8. The molecule has 4 heteroatoms. The van der Waals surface area contributed by atoms with Crippen LogP contribution in [0.3, 0.4) is 0 Å². The molecule has 0 amide bonds. The highest BCUT2D eigenvalue weighted by Gasteiger charge is 2.11. The van der Waals surface area contributed by atoms with Gasteiger partial charge in [0.1, 0.15) is 0 Å². The average molecular weight is 250 g/mol. The number of nitrogens with two attached hydrogens (primary N) is 1. The Balaban J connectivity index is 1.96. The van der Waals surface area contributed by atoms with Crippen LogP contribution in [0.5, 0.6) is 0 Å². The minimum atomic E-state index is 0.154. The SMILES string of the molecule is NCC(CO)Cc1ccc(N2CCOCC2)cc1. The summed E-state index contributed by atoms with van der Waals surface area (Å²) < 4.78 is 5.34. The summed E-state index contributed by atoms with van der Waals surface area (Å²) in [6.45, 7) is 4.22. The summed E-state index contributed by atoms with van der Waals surface area (Å²) in [5, 5.41) is 9.14. The van der Waals surface area contributed by atoms with Crippen molar-refractivity contribution < 1.29 is 9.84 Å². The Morgan fingerprint density at radius 2 is 1.89 bits per heavy atom. The van der Waals surface area contributed by atoms with Crippen LogP contribution in [0, 0.1) is 5.92 Å². The molecule has 1 unspecified atom stereocenters. The summed E-state index contributed by atoms with van der Waals surface area (Å²) >= 11 is 0. The van der Waals surface area contributed by atoms with E-state index in [4.69, 9.17) is 15.6 Å². The standard InChI is InChI=1S/C14H22N2O2/c15-10-13(11-17)9-12-1-3-14(4-2-12)16-5-7-18-8-6-16/h1-4,13,17H,5-11,15H2. The van der Waals surface area contributed by atoms with Crippen LogP contribution >= 0.6 is 0 Å². The third-order valence-corrected chi connectivity index (χ3v) is 3.43. The normalized spacial score (nSPS) is 17.8. The second-order valence-electron chi connectivity index (χ2n) is 4.75. The molecule has 0 spiro atoms. The van der Waals surface area contributed by atoms with E-state index >= 15 is 0 Å². The molecule has 18 heavy (non-hydrogen) atoms. The highest BCUT2D eigenvalue weighted by atomic mass is 16.5. The Kier molecular flexibility index (Phi) is 4.99. The van der Waals surface area contributed by atoms with Gasteiger partial charge in [0, 0.05) is 25.4 Å². The number of morpholine rings is 1. The van der Waals surface area contributed by atoms with Crippen LogP contribution in [0.25, 0.3) is 0 Å². The largest absolute Gasteiger partial charge is 0.396 e. The molecule has 2 rings (SSSR count). The highest BCUT2D eigenvalue weighted by molar-refractivity contribution is 5.47. The minimum Gasteiger partial charge on any atom is -0.396 e. The van der Waals surface area contributed by atoms with Gasteiger partial charge in [-0.25, -0.2) is 0 Å². The van der Waals surface area contributed by atoms with Gasteiger partial charge in [-0.3, -0.25) is 0 Å². The first-order valence-electron chi connectivity index (χ1n) is 6.56. The lowest BCUT2D eigenvalue weighted by molar-refractivity contribution is 0.122. The van der Waals surface area contributed by atoms with Gasteiger partial charge >= 0.3 is 0 Å². The molecule has 0 bridgehead atoms. The zero-order valence-electron chi connectivity index (χ0n) is 10.7. The first-order chi connectivity index (χ1) is 8.83. The van der Waals surface area contributed by atoms with Crippen molar-refractivity contribution in [2.24, 2.45) is 11.7 Å². The molecular formula is C14H22N2O2. The van der Waals surface area contributed by atoms with Crippen LogP contribution in [0.4, 0.5) is 5.69 Å². The Hall–Kier alpha value is -1.10. The zero-order valence-corrected chi connectivity index (χ0v) is 10.7. The van der Waals surface area contributed by atoms with Crippen LogP contribution in [0.15, 0.2) is 24.3 Å². The lowest BCUT2D eigenvalue weighted by Gasteiger charge is -2.29. The molecule has 3 N–H and O–H groups in total. The van der Waals surface area contributed by atoms with Crippen molar-refractivity contribution in [1.82, 2.24) is 0 Å². The van der Waals surface area contributed by atoms with E-state index < -0.39 is 0 Å². The predicted molar refractivity (Wildman–Crippen MR) is 72.8 cm³/mol. The molecular weight excluding hydrogens is 228 g/mol. The lowest BCUT2D eigenvalue weighted by Crippen LogP contribution is -2.36. The molecule has 0 aliphatic carbocycles. The summed E-state index contributed by atoms with van der Waals surface area (Å²) in [7, 11) is 0. The monoisotopic (exact) mass is 250 g/mol. The Morgan fingerprint density at radius 3 is 2.44 bits per heavy atom. The number of ether oxygens (including phenoxy) is 1. The van der Waals surface area contributed by atoms with Gasteiger partial charge in [-0.05, 0) is 36.6 Å². The first kappa shape index (κ1) is 13.3. The maximum atomic E-state index is 9.14. The van der Waals surface area contributed by atoms with Crippen molar-refractivity contribution in [3.05, 3.63) is 29.8 Å². The highest BCUT2D eigenvalue weighted by Crippen LogP contribution is 2.18. The van der Waals surface area contributed by atoms with Gasteiger partial charge in [0.05, 0.1) is 13.2 Å². The molecule has 0 aromatic heterocycles. The molecule has 1 saturated heterocycles. The molecule has 1 heterocycles. The van der Waals surface area contributed by atoms with Gasteiger partial charge in [0.2, 0.25) is 0 Å². The van der Waals surface area contributed by atoms with Crippen molar-refractivity contribution in [3.8, 4) is 0 Å². The van der Waals surface area contributed by atoms with Crippen molar-refractivity contribution in [1.29, 1.82) is 0 Å². The number of nitrogens with zero attached hydrogens (tertiary/aromatic N) is 1. The van der Waals surface area contributed by atoms with Gasteiger partial charge in [-0.15, -0.1) is 0 Å². The summed E-state index contributed by atoms with van der Waals surface area (Å²) in [5.74, 6) is 0.166. The number of hydrogen-bond acceptors (Lipinski definition) is 4. The second-order valence-corrected chi connectivity index (χ2v) is 4.75. The Morgan fingerprint density at radius 1 is 1.22 bits per heavy atom. The van der Waals surface area contributed by atoms with E-state index in [2.05, 4.69) is 29.2 Å². The minimum absolute atomic E-state index is 0.154. The van der Waals surface area contributed by atoms with Crippen molar-refractivity contribution >= 4 is 5.69 Å². The fraction of sp³-hybridized carbons (Fsp3) is 0.571. The van der Waals surface area contributed by atoms with Crippen molar-refractivity contribution in [2.75, 3.05) is 44.4 Å². The summed E-state index contributed by atoms with van der Waals surface area (Å²) in [4.78, 5) is 2.33. The van der Waals surface area contributed by atoms with Crippen LogP contribution in [-0.4, -0.2) is 44.6 Å². The third-order valence-electron chi connectivity index (χ3n) is 3.43. The molecule has 0 saturated carbocycles. The number of aliphatic hydroxyl groups excluding tert-OH is 1. The van der Waals surface area contributed by atoms with E-state index in [0.717, 1.165) is 32.7 Å². The van der Waals surface area contributed by atoms with E-state index in [1.165, 1.54) is 11.3 Å². The maximum absolute atomic E-state index is 9.14. The smallest absolute Gasteiger partial charge is 0.0642 e. The molecule has 100 valence electrons. The summed E-state index contributed by atoms with van der Waals surface area (Å²) in [5.41, 5.74) is 8.07. The average Bonchev–Trinajstić information content (AvgIpc) is 2.46. The van der Waals surface area contributed by atoms with E-state index in [0.29, 0.717) is 6.54 Å². The summed E-state index contributed by atoms with van der Waals surface area (Å²) in [6, 6.07) is 8.55. The van der Waals surface area contributed by atoms with Crippen LogP contribution in [0.1, 0.15) is 5.56 Å². The van der Waals surface area contributed by atoms with E-state index in [1.807, 2.05) is 0 Å².